The smallest absolute Gasteiger partial charge is 0.337 e. The fraction of sp³-hybridized carbons (Fsp3) is 0.318. The second kappa shape index (κ2) is 8.25. The summed E-state index contributed by atoms with van der Waals surface area (Å²) in [6.45, 7) is 4.38. The van der Waals surface area contributed by atoms with E-state index in [0.717, 1.165) is 22.4 Å². The molecule has 0 aromatic heterocycles. The molecule has 0 radical (unpaired) electrons. The summed E-state index contributed by atoms with van der Waals surface area (Å²) in [5.74, 6) is -1.36. The first kappa shape index (κ1) is 19.6. The summed E-state index contributed by atoms with van der Waals surface area (Å²) < 4.78 is 10.0. The molecule has 6 heteroatoms. The van der Waals surface area contributed by atoms with E-state index in [1.807, 2.05) is 32.0 Å². The molecule has 0 N–H and O–H groups in total. The van der Waals surface area contributed by atoms with Crippen molar-refractivity contribution in [2.24, 2.45) is 5.92 Å². The molecule has 0 spiro atoms. The third kappa shape index (κ3) is 4.06. The Morgan fingerprint density at radius 2 is 1.82 bits per heavy atom. The summed E-state index contributed by atoms with van der Waals surface area (Å²) in [6.07, 6.45) is 0.146. The maximum Gasteiger partial charge on any atom is 0.337 e. The van der Waals surface area contributed by atoms with E-state index in [-0.39, 0.29) is 18.9 Å². The molecule has 1 atom stereocenters. The molecule has 1 amide bonds. The quantitative estimate of drug-likeness (QED) is 0.744. The molecule has 1 aliphatic heterocycles. The van der Waals surface area contributed by atoms with Crippen LogP contribution in [0.3, 0.4) is 0 Å². The van der Waals surface area contributed by atoms with E-state index < -0.39 is 17.9 Å². The highest BCUT2D eigenvalue weighted by Crippen LogP contribution is 2.30. The van der Waals surface area contributed by atoms with Crippen molar-refractivity contribution in [3.63, 3.8) is 0 Å². The van der Waals surface area contributed by atoms with Crippen LogP contribution in [0.5, 0.6) is 0 Å². The van der Waals surface area contributed by atoms with Gasteiger partial charge in [-0.25, -0.2) is 4.79 Å². The van der Waals surface area contributed by atoms with E-state index in [1.165, 1.54) is 7.11 Å². The Labute approximate surface area is 164 Å². The van der Waals surface area contributed by atoms with Crippen LogP contribution in [-0.4, -0.2) is 31.5 Å². The van der Waals surface area contributed by atoms with Gasteiger partial charge in [0.1, 0.15) is 6.61 Å². The molecule has 28 heavy (non-hydrogen) atoms. The SMILES string of the molecule is COC(=O)c1ccc(COC(=O)[C@@H]2CC(=O)N(c3cccc(C)c3C)C2)cc1. The van der Waals surface area contributed by atoms with E-state index in [9.17, 15) is 14.4 Å². The number of carbonyl (C=O) groups is 3. The molecule has 0 aliphatic carbocycles. The van der Waals surface area contributed by atoms with Gasteiger partial charge in [0.05, 0.1) is 18.6 Å². The van der Waals surface area contributed by atoms with Crippen LogP contribution in [0.15, 0.2) is 42.5 Å². The molecule has 146 valence electrons. The normalized spacial score (nSPS) is 16.2. The van der Waals surface area contributed by atoms with Crippen molar-refractivity contribution < 1.29 is 23.9 Å². The first-order valence-electron chi connectivity index (χ1n) is 9.11. The fourth-order valence-corrected chi connectivity index (χ4v) is 3.25. The Hall–Kier alpha value is -3.15. The lowest BCUT2D eigenvalue weighted by atomic mass is 10.1. The highest BCUT2D eigenvalue weighted by Gasteiger charge is 2.36. The van der Waals surface area contributed by atoms with Gasteiger partial charge in [-0.3, -0.25) is 9.59 Å². The van der Waals surface area contributed by atoms with Crippen molar-refractivity contribution in [3.05, 3.63) is 64.7 Å². The standard InChI is InChI=1S/C22H23NO5/c1-14-5-4-6-19(15(14)2)23-12-18(11-20(23)24)22(26)28-13-16-7-9-17(10-8-16)21(25)27-3/h4-10,18H,11-13H2,1-3H3/t18-/m1/s1. The van der Waals surface area contributed by atoms with Crippen LogP contribution in [0, 0.1) is 19.8 Å². The van der Waals surface area contributed by atoms with Gasteiger partial charge in [-0.1, -0.05) is 24.3 Å². The Morgan fingerprint density at radius 1 is 1.11 bits per heavy atom. The molecule has 2 aromatic carbocycles. The number of carbonyl (C=O) groups excluding carboxylic acids is 3. The van der Waals surface area contributed by atoms with Crippen LogP contribution >= 0.6 is 0 Å². The van der Waals surface area contributed by atoms with Crippen LogP contribution in [0.1, 0.15) is 33.5 Å². The Bertz CT molecular complexity index is 904. The van der Waals surface area contributed by atoms with Crippen molar-refractivity contribution in [1.29, 1.82) is 0 Å². The second-order valence-corrected chi connectivity index (χ2v) is 6.92. The van der Waals surface area contributed by atoms with Crippen LogP contribution < -0.4 is 4.90 Å². The van der Waals surface area contributed by atoms with Crippen LogP contribution in [0.4, 0.5) is 5.69 Å². The first-order chi connectivity index (χ1) is 13.4. The van der Waals surface area contributed by atoms with Gasteiger partial charge in [-0.05, 0) is 48.7 Å². The minimum absolute atomic E-state index is 0.0712. The number of hydrogen-bond acceptors (Lipinski definition) is 5. The molecule has 2 aromatic rings. The number of esters is 2. The van der Waals surface area contributed by atoms with Gasteiger partial charge in [-0.2, -0.15) is 0 Å². The predicted octanol–water partition coefficient (Wildman–Crippen LogP) is 3.19. The highest BCUT2D eigenvalue weighted by molar-refractivity contribution is 6.00. The number of amides is 1. The second-order valence-electron chi connectivity index (χ2n) is 6.92. The lowest BCUT2D eigenvalue weighted by molar-refractivity contribution is -0.149. The van der Waals surface area contributed by atoms with E-state index in [0.29, 0.717) is 12.1 Å². The third-order valence-corrected chi connectivity index (χ3v) is 5.08. The number of hydrogen-bond donors (Lipinski definition) is 0. The zero-order valence-electron chi connectivity index (χ0n) is 16.2. The number of anilines is 1. The maximum absolute atomic E-state index is 12.4. The average Bonchev–Trinajstić information content (AvgIpc) is 3.09. The number of aryl methyl sites for hydroxylation is 1. The molecule has 0 saturated carbocycles. The zero-order chi connectivity index (χ0) is 20.3. The van der Waals surface area contributed by atoms with E-state index in [1.54, 1.807) is 29.2 Å². The summed E-state index contributed by atoms with van der Waals surface area (Å²) >= 11 is 0. The lowest BCUT2D eigenvalue weighted by Gasteiger charge is -2.20. The van der Waals surface area contributed by atoms with Gasteiger partial charge < -0.3 is 14.4 Å². The van der Waals surface area contributed by atoms with Crippen molar-refractivity contribution in [2.45, 2.75) is 26.9 Å². The fourth-order valence-electron chi connectivity index (χ4n) is 3.25. The van der Waals surface area contributed by atoms with Crippen molar-refractivity contribution in [3.8, 4) is 0 Å². The average molecular weight is 381 g/mol. The van der Waals surface area contributed by atoms with Crippen LogP contribution in [0.2, 0.25) is 0 Å². The third-order valence-electron chi connectivity index (χ3n) is 5.08. The molecule has 0 bridgehead atoms. The van der Waals surface area contributed by atoms with Gasteiger partial charge >= 0.3 is 11.9 Å². The van der Waals surface area contributed by atoms with E-state index in [2.05, 4.69) is 4.74 Å². The number of nitrogens with zero attached hydrogens (tertiary/aromatic N) is 1. The van der Waals surface area contributed by atoms with Crippen molar-refractivity contribution >= 4 is 23.5 Å². The summed E-state index contributed by atoms with van der Waals surface area (Å²) in [6, 6.07) is 12.5. The van der Waals surface area contributed by atoms with Crippen LogP contribution in [0.25, 0.3) is 0 Å². The topological polar surface area (TPSA) is 72.9 Å². The number of ether oxygens (including phenoxy) is 2. The Balaban J connectivity index is 1.60. The Kier molecular flexibility index (Phi) is 5.78. The van der Waals surface area contributed by atoms with Gasteiger partial charge in [0.15, 0.2) is 0 Å². The summed E-state index contributed by atoms with van der Waals surface area (Å²) in [7, 11) is 1.32. The minimum Gasteiger partial charge on any atom is -0.465 e. The largest absolute Gasteiger partial charge is 0.465 e. The minimum atomic E-state index is -0.484. The summed E-state index contributed by atoms with van der Waals surface area (Å²) in [4.78, 5) is 38.0. The molecule has 3 rings (SSSR count). The van der Waals surface area contributed by atoms with Gasteiger partial charge in [0, 0.05) is 18.7 Å². The van der Waals surface area contributed by atoms with E-state index in [4.69, 9.17) is 4.74 Å². The molecule has 1 saturated heterocycles. The molecule has 1 aliphatic rings. The summed E-state index contributed by atoms with van der Waals surface area (Å²) in [5, 5.41) is 0. The maximum atomic E-state index is 12.4. The predicted molar refractivity (Wildman–Crippen MR) is 104 cm³/mol. The number of rotatable bonds is 5. The first-order valence-corrected chi connectivity index (χ1v) is 9.11. The molecular formula is C22H23NO5. The lowest BCUT2D eigenvalue weighted by Crippen LogP contribution is -2.27. The zero-order valence-corrected chi connectivity index (χ0v) is 16.2. The van der Waals surface area contributed by atoms with Crippen LogP contribution in [-0.2, 0) is 25.7 Å². The monoisotopic (exact) mass is 381 g/mol. The molecule has 6 nitrogen and oxygen atoms in total. The molecule has 1 fully saturated rings. The highest BCUT2D eigenvalue weighted by atomic mass is 16.5. The Morgan fingerprint density at radius 3 is 2.50 bits per heavy atom. The summed E-state index contributed by atoms with van der Waals surface area (Å²) in [5.41, 5.74) is 4.18. The molecule has 0 unspecified atom stereocenters. The number of benzene rings is 2. The van der Waals surface area contributed by atoms with Gasteiger partial charge in [0.25, 0.3) is 0 Å². The van der Waals surface area contributed by atoms with Crippen molar-refractivity contribution in [2.75, 3.05) is 18.6 Å². The van der Waals surface area contributed by atoms with E-state index >= 15 is 0 Å². The van der Waals surface area contributed by atoms with Crippen molar-refractivity contribution in [1.82, 2.24) is 0 Å². The van der Waals surface area contributed by atoms with Gasteiger partial charge in [0.2, 0.25) is 5.91 Å². The van der Waals surface area contributed by atoms with Gasteiger partial charge in [-0.15, -0.1) is 0 Å². The molecular weight excluding hydrogens is 358 g/mol. The molecule has 1 heterocycles. The number of methoxy groups -OCH3 is 1.